The molecule has 5 aliphatic carbocycles. The van der Waals surface area contributed by atoms with E-state index in [1.165, 1.54) is 75.9 Å². The second-order valence-corrected chi connectivity index (χ2v) is 17.3. The molecule has 2 heteroatoms. The molecule has 56 heavy (non-hydrogen) atoms. The van der Waals surface area contributed by atoms with Crippen LogP contribution in [0.5, 0.6) is 0 Å². The Labute approximate surface area is 327 Å². The van der Waals surface area contributed by atoms with Gasteiger partial charge in [0.25, 0.3) is 0 Å². The Kier molecular flexibility index (Phi) is 6.37. The van der Waals surface area contributed by atoms with Crippen molar-refractivity contribution < 1.29 is 4.42 Å². The van der Waals surface area contributed by atoms with E-state index >= 15 is 0 Å². The summed E-state index contributed by atoms with van der Waals surface area (Å²) in [7, 11) is 0. The summed E-state index contributed by atoms with van der Waals surface area (Å²) < 4.78 is 6.43. The van der Waals surface area contributed by atoms with Crippen LogP contribution in [0.15, 0.2) is 168 Å². The van der Waals surface area contributed by atoms with E-state index in [4.69, 9.17) is 4.42 Å². The van der Waals surface area contributed by atoms with Gasteiger partial charge in [0, 0.05) is 39.3 Å². The first kappa shape index (κ1) is 31.1. The van der Waals surface area contributed by atoms with Crippen LogP contribution in [0.4, 0.5) is 17.1 Å². The smallest absolute Gasteiger partial charge is 0.137 e. The summed E-state index contributed by atoms with van der Waals surface area (Å²) in [5.74, 6) is 3.40. The molecular formula is C54H41NO. The lowest BCUT2D eigenvalue weighted by atomic mass is 9.43. The van der Waals surface area contributed by atoms with Crippen LogP contribution < -0.4 is 4.90 Å². The zero-order chi connectivity index (χ0) is 36.5. The maximum absolute atomic E-state index is 6.43. The van der Waals surface area contributed by atoms with E-state index in [2.05, 4.69) is 163 Å². The van der Waals surface area contributed by atoms with Gasteiger partial charge in [0.05, 0.1) is 0 Å². The molecule has 4 bridgehead atoms. The number of para-hydroxylation sites is 1. The average molecular weight is 720 g/mol. The number of fused-ring (bicyclic) bond motifs is 9. The van der Waals surface area contributed by atoms with Crippen LogP contribution in [0, 0.1) is 23.7 Å². The molecule has 0 saturated heterocycles. The fraction of sp³-hybridized carbons (Fsp3) is 0.185. The van der Waals surface area contributed by atoms with Crippen molar-refractivity contribution >= 4 is 60.5 Å². The van der Waals surface area contributed by atoms with Crippen LogP contribution in [-0.4, -0.2) is 0 Å². The fourth-order valence-electron chi connectivity index (χ4n) is 12.6. The summed E-state index contributed by atoms with van der Waals surface area (Å²) in [6.45, 7) is 0. The molecule has 8 aromatic carbocycles. The van der Waals surface area contributed by atoms with Crippen LogP contribution in [-0.2, 0) is 5.41 Å². The maximum Gasteiger partial charge on any atom is 0.137 e. The zero-order valence-electron chi connectivity index (χ0n) is 31.3. The number of hydrogen-bond donors (Lipinski definition) is 0. The van der Waals surface area contributed by atoms with E-state index < -0.39 is 0 Å². The van der Waals surface area contributed by atoms with E-state index in [1.54, 1.807) is 11.1 Å². The number of nitrogens with zero attached hydrogens (tertiary/aromatic N) is 1. The van der Waals surface area contributed by atoms with E-state index in [9.17, 15) is 0 Å². The zero-order valence-corrected chi connectivity index (χ0v) is 31.3. The quantitative estimate of drug-likeness (QED) is 0.168. The molecule has 0 amide bonds. The minimum atomic E-state index is 0.169. The van der Waals surface area contributed by atoms with Gasteiger partial charge in [0.15, 0.2) is 0 Å². The molecule has 268 valence electrons. The molecule has 1 heterocycles. The van der Waals surface area contributed by atoms with Gasteiger partial charge in [0.1, 0.15) is 11.2 Å². The standard InChI is InChI=1S/C54H41NO/c1-2-8-44-36(7-1)13-14-38-30-42(20-23-45(38)44)55(43-21-24-49-48-10-4-6-12-52(48)56-53(49)32-43)41-18-15-35(16-19-41)37-17-22-47-46-9-3-5-11-50(46)54(51(47)31-37)39-26-33-25-34(28-39)29-40(54)27-33/h1-24,30-34,39-40H,25-29H2/t33-,34-,39?,40?,54?. The van der Waals surface area contributed by atoms with Crippen LogP contribution in [0.3, 0.4) is 0 Å². The molecule has 9 aromatic rings. The number of benzene rings is 8. The third-order valence-corrected chi connectivity index (χ3v) is 14.6. The molecule has 1 aromatic heterocycles. The second-order valence-electron chi connectivity index (χ2n) is 17.3. The molecule has 0 atom stereocenters. The third kappa shape index (κ3) is 4.28. The number of furan rings is 1. The Hall–Kier alpha value is -6.12. The number of hydrogen-bond acceptors (Lipinski definition) is 2. The molecule has 4 fully saturated rings. The predicted octanol–water partition coefficient (Wildman–Crippen LogP) is 14.8. The van der Waals surface area contributed by atoms with E-state index in [-0.39, 0.29) is 5.41 Å². The number of anilines is 3. The topological polar surface area (TPSA) is 16.4 Å². The van der Waals surface area contributed by atoms with E-state index in [0.717, 1.165) is 62.7 Å². The van der Waals surface area contributed by atoms with E-state index in [0.29, 0.717) is 0 Å². The van der Waals surface area contributed by atoms with Gasteiger partial charge in [-0.25, -0.2) is 0 Å². The highest BCUT2D eigenvalue weighted by Gasteiger charge is 2.61. The third-order valence-electron chi connectivity index (χ3n) is 14.6. The van der Waals surface area contributed by atoms with Crippen molar-refractivity contribution in [2.45, 2.75) is 37.5 Å². The molecule has 0 radical (unpaired) electrons. The molecule has 0 aliphatic heterocycles. The molecule has 0 N–H and O–H groups in total. The fourth-order valence-corrected chi connectivity index (χ4v) is 12.6. The highest BCUT2D eigenvalue weighted by Crippen LogP contribution is 2.69. The van der Waals surface area contributed by atoms with Crippen molar-refractivity contribution in [1.82, 2.24) is 0 Å². The van der Waals surface area contributed by atoms with Gasteiger partial charge >= 0.3 is 0 Å². The normalized spacial score (nSPS) is 23.1. The predicted molar refractivity (Wildman–Crippen MR) is 232 cm³/mol. The molecule has 0 unspecified atom stereocenters. The van der Waals surface area contributed by atoms with Crippen molar-refractivity contribution in [2.24, 2.45) is 23.7 Å². The summed E-state index contributed by atoms with van der Waals surface area (Å²) >= 11 is 0. The Morgan fingerprint density at radius 3 is 1.86 bits per heavy atom. The van der Waals surface area contributed by atoms with Gasteiger partial charge in [-0.1, -0.05) is 109 Å². The summed E-state index contributed by atoms with van der Waals surface area (Å²) in [4.78, 5) is 2.38. The van der Waals surface area contributed by atoms with Crippen molar-refractivity contribution in [3.8, 4) is 22.3 Å². The summed E-state index contributed by atoms with van der Waals surface area (Å²) in [5.41, 5.74) is 14.1. The summed E-state index contributed by atoms with van der Waals surface area (Å²) in [5, 5.41) is 7.33. The Balaban J connectivity index is 0.936. The SMILES string of the molecule is c1ccc2c(c1)-c1ccc(-c3ccc(N(c4ccc5c(ccc6ccccc65)c4)c4ccc5c(c4)oc4ccccc45)cc3)cc1C21C2C[C@H]3CC1C[C@H](C2)C3. The van der Waals surface area contributed by atoms with Crippen molar-refractivity contribution in [3.05, 3.63) is 175 Å². The molecule has 4 saturated carbocycles. The second kappa shape index (κ2) is 11.5. The average Bonchev–Trinajstić information content (AvgIpc) is 3.76. The van der Waals surface area contributed by atoms with Crippen molar-refractivity contribution in [1.29, 1.82) is 0 Å². The van der Waals surface area contributed by atoms with Crippen LogP contribution >= 0.6 is 0 Å². The highest BCUT2D eigenvalue weighted by molar-refractivity contribution is 6.09. The van der Waals surface area contributed by atoms with Crippen molar-refractivity contribution in [2.75, 3.05) is 4.90 Å². The summed E-state index contributed by atoms with van der Waals surface area (Å²) in [6, 6.07) is 61.2. The minimum Gasteiger partial charge on any atom is -0.456 e. The van der Waals surface area contributed by atoms with Gasteiger partial charge in [-0.15, -0.1) is 0 Å². The molecule has 2 nitrogen and oxygen atoms in total. The minimum absolute atomic E-state index is 0.169. The van der Waals surface area contributed by atoms with Gasteiger partial charge < -0.3 is 9.32 Å². The Bertz CT molecular complexity index is 3030. The van der Waals surface area contributed by atoms with E-state index in [1.807, 2.05) is 6.07 Å². The van der Waals surface area contributed by atoms with Crippen molar-refractivity contribution in [3.63, 3.8) is 0 Å². The lowest BCUT2D eigenvalue weighted by molar-refractivity contribution is -0.0399. The van der Waals surface area contributed by atoms with Crippen LogP contribution in [0.2, 0.25) is 0 Å². The van der Waals surface area contributed by atoms with Gasteiger partial charge in [0.2, 0.25) is 0 Å². The van der Waals surface area contributed by atoms with Gasteiger partial charge in [-0.3, -0.25) is 0 Å². The van der Waals surface area contributed by atoms with Gasteiger partial charge in [-0.05, 0) is 159 Å². The molecule has 1 spiro atoms. The maximum atomic E-state index is 6.43. The Morgan fingerprint density at radius 2 is 1.02 bits per heavy atom. The van der Waals surface area contributed by atoms with Crippen LogP contribution in [0.25, 0.3) is 65.7 Å². The first-order valence-corrected chi connectivity index (χ1v) is 20.7. The first-order valence-electron chi connectivity index (χ1n) is 20.7. The lowest BCUT2D eigenvalue weighted by Crippen LogP contribution is -2.55. The molecule has 14 rings (SSSR count). The number of rotatable bonds is 4. The lowest BCUT2D eigenvalue weighted by Gasteiger charge is -2.61. The van der Waals surface area contributed by atoms with Gasteiger partial charge in [-0.2, -0.15) is 0 Å². The summed E-state index contributed by atoms with van der Waals surface area (Å²) in [6.07, 6.45) is 7.09. The molecular weight excluding hydrogens is 679 g/mol. The molecule has 5 aliphatic rings. The Morgan fingerprint density at radius 1 is 0.411 bits per heavy atom. The largest absolute Gasteiger partial charge is 0.456 e. The highest BCUT2D eigenvalue weighted by atomic mass is 16.3. The van der Waals surface area contributed by atoms with Crippen LogP contribution in [0.1, 0.15) is 43.2 Å². The first-order chi connectivity index (χ1) is 27.7. The monoisotopic (exact) mass is 719 g/mol.